The molecular weight excluding hydrogens is 469 g/mol. The summed E-state index contributed by atoms with van der Waals surface area (Å²) in [6, 6.07) is 13.4. The molecule has 1 unspecified atom stereocenters. The summed E-state index contributed by atoms with van der Waals surface area (Å²) >= 11 is 3.34. The van der Waals surface area contributed by atoms with Crippen LogP contribution in [0.3, 0.4) is 0 Å². The Balaban J connectivity index is 1.97. The lowest BCUT2D eigenvalue weighted by molar-refractivity contribution is -0.141. The minimum absolute atomic E-state index is 0.105. The van der Waals surface area contributed by atoms with E-state index in [0.29, 0.717) is 11.3 Å². The number of aromatic nitrogens is 2. The van der Waals surface area contributed by atoms with Crippen LogP contribution in [0, 0.1) is 12.7 Å². The van der Waals surface area contributed by atoms with Crippen molar-refractivity contribution in [2.45, 2.75) is 19.4 Å². The third-order valence-electron chi connectivity index (χ3n) is 4.58. The van der Waals surface area contributed by atoms with Crippen molar-refractivity contribution in [3.8, 4) is 5.69 Å². The summed E-state index contributed by atoms with van der Waals surface area (Å²) in [5, 5.41) is 6.75. The minimum Gasteiger partial charge on any atom is -0.469 e. The first-order valence-electron chi connectivity index (χ1n) is 9.29. The second-order valence-electron chi connectivity index (χ2n) is 6.72. The van der Waals surface area contributed by atoms with E-state index >= 15 is 0 Å². The smallest absolute Gasteiger partial charge is 0.307 e. The predicted molar refractivity (Wildman–Crippen MR) is 116 cm³/mol. The standard InChI is InChI=1S/C22H19BrFN3O4/c1-13-11-19(28)21(26-27(13)18-6-4-3-5-16(18)24)22(30)25-17(12-20(29)31-2)14-7-9-15(23)10-8-14/h3-11,17H,12H2,1-2H3,(H,25,30). The van der Waals surface area contributed by atoms with E-state index in [9.17, 15) is 18.8 Å². The zero-order valence-corrected chi connectivity index (χ0v) is 18.3. The number of aryl methyl sites for hydroxylation is 1. The van der Waals surface area contributed by atoms with Crippen LogP contribution in [-0.2, 0) is 9.53 Å². The van der Waals surface area contributed by atoms with Crippen LogP contribution in [0.5, 0.6) is 0 Å². The van der Waals surface area contributed by atoms with E-state index in [-0.39, 0.29) is 12.1 Å². The van der Waals surface area contributed by atoms with E-state index in [0.717, 1.165) is 4.47 Å². The zero-order valence-electron chi connectivity index (χ0n) is 16.8. The zero-order chi connectivity index (χ0) is 22.5. The number of carbonyl (C=O) groups excluding carboxylic acids is 2. The lowest BCUT2D eigenvalue weighted by Gasteiger charge is -2.18. The van der Waals surface area contributed by atoms with Gasteiger partial charge in [0, 0.05) is 16.2 Å². The van der Waals surface area contributed by atoms with Crippen LogP contribution in [0.25, 0.3) is 5.69 Å². The van der Waals surface area contributed by atoms with Gasteiger partial charge in [-0.25, -0.2) is 9.07 Å². The molecule has 0 aliphatic heterocycles. The molecule has 160 valence electrons. The minimum atomic E-state index is -0.785. The van der Waals surface area contributed by atoms with Gasteiger partial charge in [-0.2, -0.15) is 5.10 Å². The SMILES string of the molecule is COC(=O)CC(NC(=O)c1nn(-c2ccccc2F)c(C)cc1=O)c1ccc(Br)cc1. The maximum atomic E-state index is 14.2. The average molecular weight is 488 g/mol. The van der Waals surface area contributed by atoms with Crippen molar-refractivity contribution >= 4 is 27.8 Å². The Labute approximate surface area is 186 Å². The van der Waals surface area contributed by atoms with Crippen molar-refractivity contribution in [3.63, 3.8) is 0 Å². The van der Waals surface area contributed by atoms with Gasteiger partial charge in [0.15, 0.2) is 5.69 Å². The second-order valence-corrected chi connectivity index (χ2v) is 7.64. The number of esters is 1. The summed E-state index contributed by atoms with van der Waals surface area (Å²) in [7, 11) is 1.25. The number of nitrogens with zero attached hydrogens (tertiary/aromatic N) is 2. The quantitative estimate of drug-likeness (QED) is 0.537. The van der Waals surface area contributed by atoms with E-state index in [1.165, 1.54) is 36.1 Å². The van der Waals surface area contributed by atoms with Crippen molar-refractivity contribution in [1.82, 2.24) is 15.1 Å². The van der Waals surface area contributed by atoms with Crippen molar-refractivity contribution in [2.75, 3.05) is 7.11 Å². The van der Waals surface area contributed by atoms with Crippen LogP contribution in [-0.4, -0.2) is 28.8 Å². The number of hydrogen-bond donors (Lipinski definition) is 1. The monoisotopic (exact) mass is 487 g/mol. The van der Waals surface area contributed by atoms with Gasteiger partial charge in [0.25, 0.3) is 5.91 Å². The predicted octanol–water partition coefficient (Wildman–Crippen LogP) is 3.48. The van der Waals surface area contributed by atoms with Crippen LogP contribution in [0.15, 0.2) is 63.9 Å². The van der Waals surface area contributed by atoms with Gasteiger partial charge < -0.3 is 10.1 Å². The Morgan fingerprint density at radius 1 is 1.19 bits per heavy atom. The van der Waals surface area contributed by atoms with Crippen LogP contribution in [0.4, 0.5) is 4.39 Å². The normalized spacial score (nSPS) is 11.6. The molecule has 0 saturated heterocycles. The van der Waals surface area contributed by atoms with E-state index in [4.69, 9.17) is 4.74 Å². The number of para-hydroxylation sites is 1. The summed E-state index contributed by atoms with van der Waals surface area (Å²) in [6.45, 7) is 1.59. The third kappa shape index (κ3) is 5.24. The highest BCUT2D eigenvalue weighted by molar-refractivity contribution is 9.10. The summed E-state index contributed by atoms with van der Waals surface area (Å²) in [4.78, 5) is 37.2. The van der Waals surface area contributed by atoms with E-state index < -0.39 is 34.9 Å². The highest BCUT2D eigenvalue weighted by Crippen LogP contribution is 2.21. The largest absolute Gasteiger partial charge is 0.469 e. The number of nitrogens with one attached hydrogen (secondary N) is 1. The van der Waals surface area contributed by atoms with Crippen molar-refractivity contribution in [2.24, 2.45) is 0 Å². The number of carbonyl (C=O) groups is 2. The Morgan fingerprint density at radius 2 is 1.87 bits per heavy atom. The molecule has 0 radical (unpaired) electrons. The number of rotatable bonds is 6. The number of hydrogen-bond acceptors (Lipinski definition) is 5. The van der Waals surface area contributed by atoms with Gasteiger partial charge in [0.05, 0.1) is 19.6 Å². The lowest BCUT2D eigenvalue weighted by Crippen LogP contribution is -2.35. The molecule has 0 fully saturated rings. The number of halogens is 2. The fourth-order valence-electron chi connectivity index (χ4n) is 3.00. The topological polar surface area (TPSA) is 90.3 Å². The van der Waals surface area contributed by atoms with Gasteiger partial charge >= 0.3 is 5.97 Å². The summed E-state index contributed by atoms with van der Waals surface area (Å²) in [5.41, 5.74) is 0.0817. The highest BCUT2D eigenvalue weighted by atomic mass is 79.9. The van der Waals surface area contributed by atoms with E-state index in [1.807, 2.05) is 0 Å². The molecule has 2 aromatic carbocycles. The molecule has 3 rings (SSSR count). The molecule has 0 aliphatic carbocycles. The first-order valence-corrected chi connectivity index (χ1v) is 10.1. The first-order chi connectivity index (χ1) is 14.8. The fraction of sp³-hybridized carbons (Fsp3) is 0.182. The number of methoxy groups -OCH3 is 1. The van der Waals surface area contributed by atoms with E-state index in [2.05, 4.69) is 26.3 Å². The van der Waals surface area contributed by atoms with Gasteiger partial charge in [-0.05, 0) is 36.8 Å². The molecule has 1 aromatic heterocycles. The number of benzene rings is 2. The average Bonchev–Trinajstić information content (AvgIpc) is 2.74. The Morgan fingerprint density at radius 3 is 2.52 bits per heavy atom. The second kappa shape index (κ2) is 9.65. The molecule has 1 atom stereocenters. The molecule has 1 N–H and O–H groups in total. The molecule has 9 heteroatoms. The summed E-state index contributed by atoms with van der Waals surface area (Å²) in [6.07, 6.45) is -0.142. The van der Waals surface area contributed by atoms with E-state index in [1.54, 1.807) is 37.3 Å². The number of ether oxygens (including phenoxy) is 1. The Kier molecular flexibility index (Phi) is 6.96. The maximum Gasteiger partial charge on any atom is 0.307 e. The van der Waals surface area contributed by atoms with Gasteiger partial charge in [-0.15, -0.1) is 0 Å². The maximum absolute atomic E-state index is 14.2. The molecule has 0 spiro atoms. The molecule has 1 heterocycles. The van der Waals surface area contributed by atoms with Gasteiger partial charge in [-0.1, -0.05) is 40.2 Å². The Hall–Kier alpha value is -3.33. The molecule has 0 saturated carbocycles. The first kappa shape index (κ1) is 22.4. The summed E-state index contributed by atoms with van der Waals surface area (Å²) < 4.78 is 21.0. The highest BCUT2D eigenvalue weighted by Gasteiger charge is 2.23. The molecule has 0 aliphatic rings. The fourth-order valence-corrected chi connectivity index (χ4v) is 3.26. The summed E-state index contributed by atoms with van der Waals surface area (Å²) in [5.74, 6) is -1.87. The molecule has 7 nitrogen and oxygen atoms in total. The van der Waals surface area contributed by atoms with Crippen molar-refractivity contribution in [1.29, 1.82) is 0 Å². The molecule has 0 bridgehead atoms. The van der Waals surface area contributed by atoms with Crippen LogP contribution in [0.2, 0.25) is 0 Å². The van der Waals surface area contributed by atoms with Gasteiger partial charge in [0.2, 0.25) is 5.43 Å². The van der Waals surface area contributed by atoms with Gasteiger partial charge in [0.1, 0.15) is 11.5 Å². The molecule has 1 amide bonds. The van der Waals surface area contributed by atoms with Crippen LogP contribution >= 0.6 is 15.9 Å². The third-order valence-corrected chi connectivity index (χ3v) is 5.11. The molecule has 3 aromatic rings. The molecule has 31 heavy (non-hydrogen) atoms. The Bertz CT molecular complexity index is 1180. The van der Waals surface area contributed by atoms with Crippen LogP contribution < -0.4 is 10.7 Å². The lowest BCUT2D eigenvalue weighted by atomic mass is 10.0. The number of amides is 1. The van der Waals surface area contributed by atoms with Crippen LogP contribution in [0.1, 0.15) is 34.2 Å². The van der Waals surface area contributed by atoms with Crippen molar-refractivity contribution < 1.29 is 18.7 Å². The van der Waals surface area contributed by atoms with Gasteiger partial charge in [-0.3, -0.25) is 14.4 Å². The molecular formula is C22H19BrFN3O4. The van der Waals surface area contributed by atoms with Crippen molar-refractivity contribution in [3.05, 3.63) is 92.1 Å².